The fraction of sp³-hybridized carbons (Fsp3) is 0.450. The monoisotopic (exact) mass is 397 g/mol. The second-order valence-corrected chi connectivity index (χ2v) is 7.51. The predicted octanol–water partition coefficient (Wildman–Crippen LogP) is 0.0430. The van der Waals surface area contributed by atoms with E-state index < -0.39 is 24.5 Å². The van der Waals surface area contributed by atoms with Crippen LogP contribution in [-0.2, 0) is 17.6 Å². The van der Waals surface area contributed by atoms with Crippen molar-refractivity contribution in [3.8, 4) is 0 Å². The number of benzene rings is 1. The van der Waals surface area contributed by atoms with Gasteiger partial charge in [-0.25, -0.2) is 15.0 Å². The molecule has 1 saturated heterocycles. The normalized spacial score (nSPS) is 27.2. The number of hydrogen-bond acceptors (Lipinski definition) is 8. The van der Waals surface area contributed by atoms with Gasteiger partial charge in [-0.3, -0.25) is 4.57 Å². The molecule has 9 heteroatoms. The molecule has 3 aromatic rings. The van der Waals surface area contributed by atoms with Gasteiger partial charge in [0.1, 0.15) is 24.6 Å². The highest BCUT2D eigenvalue weighted by Gasteiger charge is 2.44. The molecule has 3 N–H and O–H groups in total. The van der Waals surface area contributed by atoms with Gasteiger partial charge in [-0.15, -0.1) is 0 Å². The highest BCUT2D eigenvalue weighted by molar-refractivity contribution is 5.83. The minimum atomic E-state index is -1.18. The Labute approximate surface area is 167 Å². The zero-order chi connectivity index (χ0) is 20.0. The summed E-state index contributed by atoms with van der Waals surface area (Å²) >= 11 is 0. The van der Waals surface area contributed by atoms with Gasteiger partial charge in [0, 0.05) is 13.1 Å². The molecule has 0 unspecified atom stereocenters. The highest BCUT2D eigenvalue weighted by Crippen LogP contribution is 2.33. The molecule has 29 heavy (non-hydrogen) atoms. The van der Waals surface area contributed by atoms with E-state index in [1.165, 1.54) is 23.8 Å². The van der Waals surface area contributed by atoms with Crippen LogP contribution in [0, 0.1) is 0 Å². The number of hydrogen-bond donors (Lipinski definition) is 3. The minimum absolute atomic E-state index is 0.379. The molecular weight excluding hydrogens is 374 g/mol. The SMILES string of the molecule is OC[C@H]1O[C@@H](n2cnc3c(N4CCc5ccccc5CC4)ncnc32)[C@H](O)[C@@H]1O. The van der Waals surface area contributed by atoms with Crippen molar-refractivity contribution < 1.29 is 20.1 Å². The third kappa shape index (κ3) is 3.06. The van der Waals surface area contributed by atoms with E-state index in [1.54, 1.807) is 4.57 Å². The Balaban J connectivity index is 1.47. The molecular formula is C20H23N5O4. The standard InChI is InChI=1S/C20H23N5O4/c26-9-14-16(27)17(28)20(29-14)25-11-23-15-18(21-10-22-19(15)25)24-7-5-12-3-1-2-4-13(12)6-8-24/h1-4,10-11,14,16-17,20,26-28H,5-9H2/t14-,16-,17-,20-/m1/s1. The molecule has 0 bridgehead atoms. The highest BCUT2D eigenvalue weighted by atomic mass is 16.6. The lowest BCUT2D eigenvalue weighted by Crippen LogP contribution is -2.33. The molecule has 2 aliphatic heterocycles. The Morgan fingerprint density at radius 2 is 1.72 bits per heavy atom. The van der Waals surface area contributed by atoms with Gasteiger partial charge in [0.2, 0.25) is 0 Å². The molecule has 0 aliphatic carbocycles. The van der Waals surface area contributed by atoms with E-state index in [0.29, 0.717) is 11.2 Å². The Bertz CT molecular complexity index is 998. The summed E-state index contributed by atoms with van der Waals surface area (Å²) in [5.41, 5.74) is 3.86. The average molecular weight is 397 g/mol. The molecule has 2 aliphatic rings. The van der Waals surface area contributed by atoms with E-state index in [0.717, 1.165) is 31.7 Å². The Morgan fingerprint density at radius 3 is 2.38 bits per heavy atom. The van der Waals surface area contributed by atoms with Crippen LogP contribution in [0.25, 0.3) is 11.2 Å². The molecule has 0 spiro atoms. The van der Waals surface area contributed by atoms with Crippen molar-refractivity contribution in [1.82, 2.24) is 19.5 Å². The summed E-state index contributed by atoms with van der Waals surface area (Å²) in [7, 11) is 0. The van der Waals surface area contributed by atoms with Crippen molar-refractivity contribution in [2.24, 2.45) is 0 Å². The predicted molar refractivity (Wildman–Crippen MR) is 104 cm³/mol. The van der Waals surface area contributed by atoms with Crippen LogP contribution in [0.2, 0.25) is 0 Å². The number of ether oxygens (including phenoxy) is 1. The van der Waals surface area contributed by atoms with E-state index in [4.69, 9.17) is 4.74 Å². The number of aliphatic hydroxyl groups is 3. The number of fused-ring (bicyclic) bond motifs is 2. The topological polar surface area (TPSA) is 117 Å². The van der Waals surface area contributed by atoms with Crippen molar-refractivity contribution in [3.05, 3.63) is 48.0 Å². The average Bonchev–Trinajstić information content (AvgIpc) is 3.21. The fourth-order valence-corrected chi connectivity index (χ4v) is 4.25. The first-order valence-corrected chi connectivity index (χ1v) is 9.79. The smallest absolute Gasteiger partial charge is 0.167 e. The summed E-state index contributed by atoms with van der Waals surface area (Å²) in [4.78, 5) is 15.5. The summed E-state index contributed by atoms with van der Waals surface area (Å²) in [5, 5.41) is 29.8. The van der Waals surface area contributed by atoms with Crippen LogP contribution in [0.3, 0.4) is 0 Å². The van der Waals surface area contributed by atoms with Crippen molar-refractivity contribution in [1.29, 1.82) is 0 Å². The molecule has 0 saturated carbocycles. The van der Waals surface area contributed by atoms with Crippen molar-refractivity contribution in [2.75, 3.05) is 24.6 Å². The molecule has 1 fully saturated rings. The number of imidazole rings is 1. The summed E-state index contributed by atoms with van der Waals surface area (Å²) < 4.78 is 7.23. The number of anilines is 1. The Kier molecular flexibility index (Phi) is 4.67. The zero-order valence-corrected chi connectivity index (χ0v) is 15.8. The molecule has 4 heterocycles. The van der Waals surface area contributed by atoms with Crippen LogP contribution in [0.1, 0.15) is 17.4 Å². The van der Waals surface area contributed by atoms with Crippen molar-refractivity contribution in [3.63, 3.8) is 0 Å². The van der Waals surface area contributed by atoms with E-state index in [1.807, 2.05) is 0 Å². The van der Waals surface area contributed by atoms with E-state index >= 15 is 0 Å². The molecule has 0 amide bonds. The van der Waals surface area contributed by atoms with Crippen LogP contribution < -0.4 is 4.90 Å². The molecule has 2 aromatic heterocycles. The second-order valence-electron chi connectivity index (χ2n) is 7.51. The van der Waals surface area contributed by atoms with Crippen LogP contribution in [0.4, 0.5) is 5.82 Å². The van der Waals surface area contributed by atoms with Gasteiger partial charge in [0.25, 0.3) is 0 Å². The van der Waals surface area contributed by atoms with Gasteiger partial charge in [0.15, 0.2) is 23.2 Å². The first kappa shape index (κ1) is 18.4. The maximum Gasteiger partial charge on any atom is 0.167 e. The zero-order valence-electron chi connectivity index (χ0n) is 15.8. The van der Waals surface area contributed by atoms with Gasteiger partial charge >= 0.3 is 0 Å². The molecule has 0 radical (unpaired) electrons. The van der Waals surface area contributed by atoms with Crippen LogP contribution in [0.5, 0.6) is 0 Å². The lowest BCUT2D eigenvalue weighted by Gasteiger charge is -2.21. The van der Waals surface area contributed by atoms with Crippen LogP contribution >= 0.6 is 0 Å². The van der Waals surface area contributed by atoms with Crippen LogP contribution in [-0.4, -0.2) is 72.8 Å². The first-order chi connectivity index (χ1) is 14.2. The van der Waals surface area contributed by atoms with Crippen LogP contribution in [0.15, 0.2) is 36.9 Å². The van der Waals surface area contributed by atoms with Gasteiger partial charge in [0.05, 0.1) is 12.9 Å². The quantitative estimate of drug-likeness (QED) is 0.567. The second kappa shape index (κ2) is 7.34. The van der Waals surface area contributed by atoms with E-state index in [2.05, 4.69) is 44.1 Å². The summed E-state index contributed by atoms with van der Waals surface area (Å²) in [6, 6.07) is 8.48. The third-order valence-corrected chi connectivity index (χ3v) is 5.85. The van der Waals surface area contributed by atoms with Gasteiger partial charge < -0.3 is 25.0 Å². The summed E-state index contributed by atoms with van der Waals surface area (Å²) in [6.45, 7) is 1.27. The lowest BCUT2D eigenvalue weighted by atomic mass is 10.0. The van der Waals surface area contributed by atoms with Gasteiger partial charge in [-0.05, 0) is 24.0 Å². The third-order valence-electron chi connectivity index (χ3n) is 5.85. The lowest BCUT2D eigenvalue weighted by molar-refractivity contribution is -0.0511. The first-order valence-electron chi connectivity index (χ1n) is 9.79. The fourth-order valence-electron chi connectivity index (χ4n) is 4.25. The molecule has 9 nitrogen and oxygen atoms in total. The molecule has 5 rings (SSSR count). The number of aromatic nitrogens is 4. The van der Waals surface area contributed by atoms with Gasteiger partial charge in [-0.2, -0.15) is 0 Å². The molecule has 4 atom stereocenters. The number of aliphatic hydroxyl groups excluding tert-OH is 3. The maximum absolute atomic E-state index is 10.4. The van der Waals surface area contributed by atoms with Crippen molar-refractivity contribution in [2.45, 2.75) is 37.4 Å². The van der Waals surface area contributed by atoms with E-state index in [9.17, 15) is 15.3 Å². The molecule has 1 aromatic carbocycles. The Morgan fingerprint density at radius 1 is 1.00 bits per heavy atom. The number of rotatable bonds is 3. The van der Waals surface area contributed by atoms with Gasteiger partial charge in [-0.1, -0.05) is 24.3 Å². The Hall–Kier alpha value is -2.59. The van der Waals surface area contributed by atoms with Crippen molar-refractivity contribution >= 4 is 17.0 Å². The number of nitrogens with zero attached hydrogens (tertiary/aromatic N) is 5. The maximum atomic E-state index is 10.4. The summed E-state index contributed by atoms with van der Waals surface area (Å²) in [6.07, 6.45) is 0.795. The summed E-state index contributed by atoms with van der Waals surface area (Å²) in [5.74, 6) is 0.744. The largest absolute Gasteiger partial charge is 0.394 e. The molecule has 152 valence electrons. The minimum Gasteiger partial charge on any atom is -0.394 e. The van der Waals surface area contributed by atoms with E-state index in [-0.39, 0.29) is 6.61 Å².